The average Bonchev–Trinajstić information content (AvgIpc) is 3.36. The molecule has 0 saturated carbocycles. The molecule has 0 spiro atoms. The molecule has 1 amide bonds. The highest BCUT2D eigenvalue weighted by Gasteiger charge is 2.12. The molecule has 0 radical (unpaired) electrons. The van der Waals surface area contributed by atoms with Gasteiger partial charge in [0, 0.05) is 30.1 Å². The molecule has 0 unspecified atom stereocenters. The monoisotopic (exact) mass is 333 g/mol. The molecule has 4 aromatic rings. The Morgan fingerprint density at radius 2 is 2.12 bits per heavy atom. The van der Waals surface area contributed by atoms with E-state index in [0.717, 1.165) is 16.8 Å². The number of H-pyrrole nitrogens is 1. The first-order chi connectivity index (χ1) is 12.2. The van der Waals surface area contributed by atoms with Gasteiger partial charge in [-0.3, -0.25) is 14.6 Å². The molecule has 7 heteroatoms. The fourth-order valence-corrected chi connectivity index (χ4v) is 2.61. The first-order valence-corrected chi connectivity index (χ1v) is 7.68. The Labute approximate surface area is 143 Å². The third kappa shape index (κ3) is 2.94. The number of carbonyl (C=O) groups excluding carboxylic acids is 1. The van der Waals surface area contributed by atoms with E-state index in [1.807, 2.05) is 37.4 Å². The number of nitrogens with zero attached hydrogens (tertiary/aromatic N) is 3. The Balaban J connectivity index is 1.54. The number of nitrogens with one attached hydrogen (secondary N) is 2. The maximum Gasteiger partial charge on any atom is 0.273 e. The largest absolute Gasteiger partial charge is 0.472 e. The van der Waals surface area contributed by atoms with Crippen molar-refractivity contribution in [1.29, 1.82) is 0 Å². The minimum atomic E-state index is -0.260. The predicted octanol–water partition coefficient (Wildman–Crippen LogP) is 3.32. The number of hydrogen-bond donors (Lipinski definition) is 2. The van der Waals surface area contributed by atoms with Crippen LogP contribution in [0, 0.1) is 0 Å². The van der Waals surface area contributed by atoms with Crippen molar-refractivity contribution in [3.8, 4) is 22.5 Å². The molecule has 0 fully saturated rings. The molecule has 0 bridgehead atoms. The summed E-state index contributed by atoms with van der Waals surface area (Å²) in [5.41, 5.74) is 4.49. The van der Waals surface area contributed by atoms with Crippen LogP contribution in [0.5, 0.6) is 0 Å². The number of amides is 1. The average molecular weight is 333 g/mol. The highest BCUT2D eigenvalue weighted by Crippen LogP contribution is 2.23. The third-order valence-corrected chi connectivity index (χ3v) is 3.88. The molecule has 3 aromatic heterocycles. The second-order valence-electron chi connectivity index (χ2n) is 5.55. The maximum absolute atomic E-state index is 12.4. The van der Waals surface area contributed by atoms with Gasteiger partial charge in [0.2, 0.25) is 0 Å². The molecule has 1 aromatic carbocycles. The van der Waals surface area contributed by atoms with Crippen molar-refractivity contribution in [1.82, 2.24) is 20.0 Å². The zero-order valence-electron chi connectivity index (χ0n) is 13.4. The number of furan rings is 1. The molecule has 0 aliphatic carbocycles. The molecular formula is C18H15N5O2. The normalized spacial score (nSPS) is 10.8. The number of carbonyl (C=O) groups is 1. The second-order valence-corrected chi connectivity index (χ2v) is 5.55. The fourth-order valence-electron chi connectivity index (χ4n) is 2.61. The molecule has 0 saturated heterocycles. The smallest absolute Gasteiger partial charge is 0.273 e. The summed E-state index contributed by atoms with van der Waals surface area (Å²) >= 11 is 0. The Bertz CT molecular complexity index is 1010. The van der Waals surface area contributed by atoms with Gasteiger partial charge in [0.05, 0.1) is 23.9 Å². The van der Waals surface area contributed by atoms with Gasteiger partial charge in [0.1, 0.15) is 5.69 Å². The van der Waals surface area contributed by atoms with Crippen molar-refractivity contribution >= 4 is 11.6 Å². The summed E-state index contributed by atoms with van der Waals surface area (Å²) in [5, 5.41) is 13.9. The van der Waals surface area contributed by atoms with Crippen LogP contribution in [-0.4, -0.2) is 25.9 Å². The predicted molar refractivity (Wildman–Crippen MR) is 92.9 cm³/mol. The van der Waals surface area contributed by atoms with Gasteiger partial charge in [-0.2, -0.15) is 10.2 Å². The van der Waals surface area contributed by atoms with Crippen molar-refractivity contribution in [2.75, 3.05) is 5.32 Å². The third-order valence-electron chi connectivity index (χ3n) is 3.88. The molecule has 0 aliphatic heterocycles. The fraction of sp³-hybridized carbons (Fsp3) is 0.0556. The second kappa shape index (κ2) is 6.12. The van der Waals surface area contributed by atoms with Crippen LogP contribution in [-0.2, 0) is 7.05 Å². The lowest BCUT2D eigenvalue weighted by molar-refractivity contribution is 0.102. The molecule has 7 nitrogen and oxygen atoms in total. The molecular weight excluding hydrogens is 318 g/mol. The van der Waals surface area contributed by atoms with E-state index >= 15 is 0 Å². The number of aromatic nitrogens is 4. The van der Waals surface area contributed by atoms with Gasteiger partial charge in [-0.25, -0.2) is 0 Å². The number of hydrogen-bond acceptors (Lipinski definition) is 4. The van der Waals surface area contributed by atoms with Crippen LogP contribution >= 0.6 is 0 Å². The van der Waals surface area contributed by atoms with Crippen molar-refractivity contribution in [2.45, 2.75) is 0 Å². The SMILES string of the molecule is Cn1nccc1-c1cccc(NC(=O)c2cc(-c3ccoc3)n[nH]2)c1. The summed E-state index contributed by atoms with van der Waals surface area (Å²) < 4.78 is 6.82. The van der Waals surface area contributed by atoms with Gasteiger partial charge in [0.25, 0.3) is 5.91 Å². The van der Waals surface area contributed by atoms with E-state index in [-0.39, 0.29) is 5.91 Å². The van der Waals surface area contributed by atoms with Crippen molar-refractivity contribution in [3.63, 3.8) is 0 Å². The van der Waals surface area contributed by atoms with Crippen LogP contribution in [0.15, 0.2) is 65.6 Å². The van der Waals surface area contributed by atoms with Crippen LogP contribution in [0.25, 0.3) is 22.5 Å². The molecule has 0 atom stereocenters. The summed E-state index contributed by atoms with van der Waals surface area (Å²) in [4.78, 5) is 12.4. The summed E-state index contributed by atoms with van der Waals surface area (Å²) in [6.45, 7) is 0. The van der Waals surface area contributed by atoms with Gasteiger partial charge in [-0.15, -0.1) is 0 Å². The van der Waals surface area contributed by atoms with Crippen molar-refractivity contribution in [2.24, 2.45) is 7.05 Å². The number of anilines is 1. The number of benzene rings is 1. The van der Waals surface area contributed by atoms with Gasteiger partial charge in [-0.05, 0) is 30.3 Å². The zero-order valence-corrected chi connectivity index (χ0v) is 13.4. The quantitative estimate of drug-likeness (QED) is 0.599. The Morgan fingerprint density at radius 3 is 2.88 bits per heavy atom. The van der Waals surface area contributed by atoms with Crippen LogP contribution in [0.1, 0.15) is 10.5 Å². The van der Waals surface area contributed by atoms with E-state index in [4.69, 9.17) is 4.42 Å². The summed E-state index contributed by atoms with van der Waals surface area (Å²) in [6.07, 6.45) is 4.88. The lowest BCUT2D eigenvalue weighted by Gasteiger charge is -2.07. The minimum Gasteiger partial charge on any atom is -0.472 e. The van der Waals surface area contributed by atoms with Crippen LogP contribution in [0.4, 0.5) is 5.69 Å². The zero-order chi connectivity index (χ0) is 17.2. The maximum atomic E-state index is 12.4. The minimum absolute atomic E-state index is 0.260. The highest BCUT2D eigenvalue weighted by atomic mass is 16.3. The first kappa shape index (κ1) is 14.9. The van der Waals surface area contributed by atoms with Crippen LogP contribution in [0.2, 0.25) is 0 Å². The number of aryl methyl sites for hydroxylation is 1. The van der Waals surface area contributed by atoms with E-state index in [1.165, 1.54) is 0 Å². The molecule has 0 aliphatic rings. The first-order valence-electron chi connectivity index (χ1n) is 7.68. The summed E-state index contributed by atoms with van der Waals surface area (Å²) in [7, 11) is 1.88. The Morgan fingerprint density at radius 1 is 1.20 bits per heavy atom. The van der Waals surface area contributed by atoms with E-state index in [9.17, 15) is 4.79 Å². The van der Waals surface area contributed by atoms with E-state index in [0.29, 0.717) is 17.1 Å². The topological polar surface area (TPSA) is 88.7 Å². The summed E-state index contributed by atoms with van der Waals surface area (Å²) in [5.74, 6) is -0.260. The van der Waals surface area contributed by atoms with Gasteiger partial charge in [0.15, 0.2) is 0 Å². The molecule has 25 heavy (non-hydrogen) atoms. The van der Waals surface area contributed by atoms with E-state index < -0.39 is 0 Å². The standard InChI is InChI=1S/C18H15N5O2/c1-23-17(5-7-19-23)12-3-2-4-14(9-12)20-18(24)16-10-15(21-22-16)13-6-8-25-11-13/h2-11H,1H3,(H,20,24)(H,21,22). The van der Waals surface area contributed by atoms with E-state index in [1.54, 1.807) is 35.5 Å². The lowest BCUT2D eigenvalue weighted by atomic mass is 10.1. The Hall–Kier alpha value is -3.61. The highest BCUT2D eigenvalue weighted by molar-refractivity contribution is 6.03. The van der Waals surface area contributed by atoms with Crippen LogP contribution < -0.4 is 5.32 Å². The molecule has 2 N–H and O–H groups in total. The molecule has 4 rings (SSSR count). The van der Waals surface area contributed by atoms with Crippen molar-refractivity contribution < 1.29 is 9.21 Å². The van der Waals surface area contributed by atoms with Gasteiger partial charge in [-0.1, -0.05) is 12.1 Å². The summed E-state index contributed by atoms with van der Waals surface area (Å²) in [6, 6.07) is 13.0. The van der Waals surface area contributed by atoms with Gasteiger partial charge < -0.3 is 9.73 Å². The number of rotatable bonds is 4. The molecule has 124 valence electrons. The van der Waals surface area contributed by atoms with Crippen LogP contribution in [0.3, 0.4) is 0 Å². The van der Waals surface area contributed by atoms with E-state index in [2.05, 4.69) is 20.6 Å². The Kier molecular flexibility index (Phi) is 3.66. The number of aromatic amines is 1. The molecule has 3 heterocycles. The van der Waals surface area contributed by atoms with Crippen molar-refractivity contribution in [3.05, 3.63) is 66.9 Å². The lowest BCUT2D eigenvalue weighted by Crippen LogP contribution is -2.12. The van der Waals surface area contributed by atoms with Gasteiger partial charge >= 0.3 is 0 Å².